The summed E-state index contributed by atoms with van der Waals surface area (Å²) in [6.07, 6.45) is 0.610. The van der Waals surface area contributed by atoms with Crippen molar-refractivity contribution in [2.24, 2.45) is 27.0 Å². The second kappa shape index (κ2) is 3.23. The Bertz CT molecular complexity index is 513. The van der Waals surface area contributed by atoms with Gasteiger partial charge in [-0.15, -0.1) is 0 Å². The highest BCUT2D eigenvalue weighted by molar-refractivity contribution is 6.00. The molecule has 6 nitrogen and oxygen atoms in total. The number of nitrogens with two attached hydrogens (primary N) is 1. The molecule has 1 fully saturated rings. The number of fused-ring (bicyclic) bond motifs is 1. The molecule has 0 amide bonds. The topological polar surface area (TPSA) is 104 Å². The summed E-state index contributed by atoms with van der Waals surface area (Å²) in [4.78, 5) is 4.12. The van der Waals surface area contributed by atoms with E-state index in [0.29, 0.717) is 6.42 Å². The smallest absolute Gasteiger partial charge is 0.292 e. The predicted octanol–water partition coefficient (Wildman–Crippen LogP) is 0.754. The molecule has 6 heteroatoms. The molecule has 1 aliphatic heterocycles. The lowest BCUT2D eigenvalue weighted by molar-refractivity contribution is -0.236. The fourth-order valence-corrected chi connectivity index (χ4v) is 3.72. The van der Waals surface area contributed by atoms with E-state index >= 15 is 0 Å². The van der Waals surface area contributed by atoms with Crippen molar-refractivity contribution in [3.05, 3.63) is 0 Å². The Kier molecular flexibility index (Phi) is 2.30. The van der Waals surface area contributed by atoms with Crippen LogP contribution in [0.15, 0.2) is 4.99 Å². The highest BCUT2D eigenvalue weighted by Gasteiger charge is 2.98. The Morgan fingerprint density at radius 2 is 1.83 bits per heavy atom. The highest BCUT2D eigenvalue weighted by atomic mass is 16.7. The van der Waals surface area contributed by atoms with E-state index in [9.17, 15) is 10.5 Å². The second-order valence-corrected chi connectivity index (χ2v) is 4.90. The van der Waals surface area contributed by atoms with Gasteiger partial charge in [0, 0.05) is 19.6 Å². The third-order valence-corrected chi connectivity index (χ3v) is 4.88. The second-order valence-electron chi connectivity index (χ2n) is 4.90. The van der Waals surface area contributed by atoms with Gasteiger partial charge in [-0.3, -0.25) is 0 Å². The van der Waals surface area contributed by atoms with E-state index in [1.807, 2.05) is 13.8 Å². The Labute approximate surface area is 106 Å². The minimum atomic E-state index is -1.49. The van der Waals surface area contributed by atoms with Gasteiger partial charge in [0.25, 0.3) is 5.91 Å². The molecule has 1 heterocycles. The van der Waals surface area contributed by atoms with Gasteiger partial charge in [0.15, 0.2) is 5.41 Å². The highest BCUT2D eigenvalue weighted by Crippen LogP contribution is 2.86. The molecule has 2 aliphatic rings. The number of rotatable bonds is 3. The molecule has 2 rings (SSSR count). The average Bonchev–Trinajstić information content (AvgIpc) is 2.80. The zero-order valence-electron chi connectivity index (χ0n) is 10.9. The Morgan fingerprint density at radius 1 is 1.28 bits per heavy atom. The summed E-state index contributed by atoms with van der Waals surface area (Å²) in [5.74, 6) is -1.37. The van der Waals surface area contributed by atoms with Gasteiger partial charge in [-0.25, -0.2) is 4.99 Å². The van der Waals surface area contributed by atoms with Crippen LogP contribution in [-0.4, -0.2) is 26.0 Å². The summed E-state index contributed by atoms with van der Waals surface area (Å²) in [7, 11) is 2.81. The molecule has 18 heavy (non-hydrogen) atoms. The summed E-state index contributed by atoms with van der Waals surface area (Å²) in [6.45, 7) is 3.77. The zero-order chi connectivity index (χ0) is 13.8. The number of nitriles is 2. The van der Waals surface area contributed by atoms with Crippen molar-refractivity contribution in [3.8, 4) is 12.1 Å². The van der Waals surface area contributed by atoms with E-state index in [0.717, 1.165) is 0 Å². The zero-order valence-corrected chi connectivity index (χ0v) is 10.9. The number of methoxy groups -OCH3 is 2. The maximum absolute atomic E-state index is 9.66. The van der Waals surface area contributed by atoms with Gasteiger partial charge >= 0.3 is 0 Å². The first-order valence-corrected chi connectivity index (χ1v) is 5.72. The maximum atomic E-state index is 9.66. The van der Waals surface area contributed by atoms with Gasteiger partial charge in [0.2, 0.25) is 0 Å². The molecule has 0 radical (unpaired) electrons. The van der Waals surface area contributed by atoms with Gasteiger partial charge in [-0.1, -0.05) is 13.8 Å². The first-order chi connectivity index (χ1) is 8.43. The molecule has 0 aromatic carbocycles. The first kappa shape index (κ1) is 12.8. The fraction of sp³-hybridized carbons (Fsp3) is 0.750. The number of nitrogens with zero attached hydrogens (tertiary/aromatic N) is 3. The molecular formula is C12H16N4O2. The van der Waals surface area contributed by atoms with Crippen LogP contribution >= 0.6 is 0 Å². The molecule has 0 spiro atoms. The van der Waals surface area contributed by atoms with Gasteiger partial charge in [0.05, 0.1) is 12.1 Å². The van der Waals surface area contributed by atoms with Gasteiger partial charge < -0.3 is 15.2 Å². The third kappa shape index (κ3) is 0.754. The monoisotopic (exact) mass is 248 g/mol. The van der Waals surface area contributed by atoms with E-state index < -0.39 is 22.2 Å². The molecule has 2 N–H and O–H groups in total. The molecule has 96 valence electrons. The average molecular weight is 248 g/mol. The van der Waals surface area contributed by atoms with Crippen LogP contribution in [-0.2, 0) is 9.47 Å². The fourth-order valence-electron chi connectivity index (χ4n) is 3.72. The van der Waals surface area contributed by atoms with E-state index in [1.54, 1.807) is 0 Å². The van der Waals surface area contributed by atoms with Crippen LogP contribution in [0, 0.1) is 38.9 Å². The number of hydrogen-bond acceptors (Lipinski definition) is 6. The van der Waals surface area contributed by atoms with E-state index in [-0.39, 0.29) is 5.84 Å². The van der Waals surface area contributed by atoms with Gasteiger partial charge in [-0.05, 0) is 6.42 Å². The van der Waals surface area contributed by atoms with Crippen LogP contribution in [0.5, 0.6) is 0 Å². The Morgan fingerprint density at radius 3 is 2.11 bits per heavy atom. The summed E-state index contributed by atoms with van der Waals surface area (Å²) in [5.41, 5.74) is 2.98. The molecule has 0 unspecified atom stereocenters. The van der Waals surface area contributed by atoms with E-state index in [1.165, 1.54) is 14.2 Å². The molecule has 1 saturated carbocycles. The van der Waals surface area contributed by atoms with E-state index in [2.05, 4.69) is 17.1 Å². The lowest BCUT2D eigenvalue weighted by atomic mass is 9.89. The van der Waals surface area contributed by atoms with Crippen LogP contribution in [0.2, 0.25) is 0 Å². The number of amidine groups is 1. The van der Waals surface area contributed by atoms with Crippen LogP contribution < -0.4 is 5.73 Å². The standard InChI is InChI=1S/C12H16N4O2/c1-5-9(2)10(6-13)8(15)16-12(17-3,18-4)11(9,10)7-14/h5H2,1-4H3,(H2,15,16)/t9-,10+,11+/m0/s1. The van der Waals surface area contributed by atoms with Crippen molar-refractivity contribution >= 4 is 5.84 Å². The normalized spacial score (nSPS) is 43.6. The van der Waals surface area contributed by atoms with Crippen LogP contribution in [0.25, 0.3) is 0 Å². The van der Waals surface area contributed by atoms with Crippen LogP contribution in [0.4, 0.5) is 0 Å². The largest absolute Gasteiger partial charge is 0.386 e. The lowest BCUT2D eigenvalue weighted by Crippen LogP contribution is -2.43. The molecular weight excluding hydrogens is 232 g/mol. The van der Waals surface area contributed by atoms with Crippen LogP contribution in [0.3, 0.4) is 0 Å². The first-order valence-electron chi connectivity index (χ1n) is 5.72. The molecule has 0 aromatic heterocycles. The van der Waals surface area contributed by atoms with Crippen molar-refractivity contribution in [1.29, 1.82) is 10.5 Å². The van der Waals surface area contributed by atoms with Crippen molar-refractivity contribution < 1.29 is 9.47 Å². The third-order valence-electron chi connectivity index (χ3n) is 4.88. The quantitative estimate of drug-likeness (QED) is 0.742. The number of ether oxygens (including phenoxy) is 2. The maximum Gasteiger partial charge on any atom is 0.292 e. The lowest BCUT2D eigenvalue weighted by Gasteiger charge is -2.31. The molecule has 0 bridgehead atoms. The number of aliphatic imine (C=N–C) groups is 1. The van der Waals surface area contributed by atoms with E-state index in [4.69, 9.17) is 15.2 Å². The Balaban J connectivity index is 2.77. The Hall–Kier alpha value is -1.63. The van der Waals surface area contributed by atoms with Crippen molar-refractivity contribution in [2.45, 2.75) is 26.2 Å². The van der Waals surface area contributed by atoms with Gasteiger partial charge in [-0.2, -0.15) is 10.5 Å². The number of hydrogen-bond donors (Lipinski definition) is 1. The SMILES string of the molecule is CC[C@@]1(C)[C@@]2(C#N)C(N)=NC(OC)(OC)[C@]12C#N. The molecule has 1 aliphatic carbocycles. The molecule has 3 atom stereocenters. The summed E-state index contributed by atoms with van der Waals surface area (Å²) in [6, 6.07) is 4.39. The minimum absolute atomic E-state index is 0.125. The van der Waals surface area contributed by atoms with Crippen molar-refractivity contribution in [2.75, 3.05) is 14.2 Å². The minimum Gasteiger partial charge on any atom is -0.386 e. The predicted molar refractivity (Wildman–Crippen MR) is 62.9 cm³/mol. The summed E-state index contributed by atoms with van der Waals surface area (Å²) in [5, 5.41) is 19.2. The van der Waals surface area contributed by atoms with Gasteiger partial charge in [0.1, 0.15) is 11.3 Å². The summed E-state index contributed by atoms with van der Waals surface area (Å²) < 4.78 is 10.7. The van der Waals surface area contributed by atoms with Crippen molar-refractivity contribution in [3.63, 3.8) is 0 Å². The van der Waals surface area contributed by atoms with Crippen molar-refractivity contribution in [1.82, 2.24) is 0 Å². The summed E-state index contributed by atoms with van der Waals surface area (Å²) >= 11 is 0. The van der Waals surface area contributed by atoms with Crippen LogP contribution in [0.1, 0.15) is 20.3 Å². The molecule has 0 saturated heterocycles. The molecule has 0 aromatic rings.